The summed E-state index contributed by atoms with van der Waals surface area (Å²) in [5.41, 5.74) is 4.96. The van der Waals surface area contributed by atoms with Crippen LogP contribution in [0.15, 0.2) is 67.0 Å². The molecule has 0 saturated carbocycles. The molecule has 2 nitrogen and oxygen atoms in total. The van der Waals surface area contributed by atoms with Crippen LogP contribution in [-0.2, 0) is 5.41 Å². The molecule has 0 N–H and O–H groups in total. The smallest absolute Gasteiger partial charge is 0.159 e. The Labute approximate surface area is 131 Å². The first-order chi connectivity index (χ1) is 10.5. The molecular formula is C20H20N2. The van der Waals surface area contributed by atoms with Crippen molar-refractivity contribution >= 4 is 0 Å². The number of hydrogen-bond donors (Lipinski definition) is 0. The van der Waals surface area contributed by atoms with E-state index < -0.39 is 0 Å². The van der Waals surface area contributed by atoms with E-state index in [-0.39, 0.29) is 5.41 Å². The van der Waals surface area contributed by atoms with Crippen molar-refractivity contribution in [3.8, 4) is 22.5 Å². The van der Waals surface area contributed by atoms with Gasteiger partial charge in [-0.15, -0.1) is 0 Å². The first kappa shape index (κ1) is 14.5. The van der Waals surface area contributed by atoms with Crippen molar-refractivity contribution in [2.45, 2.75) is 26.2 Å². The Hall–Kier alpha value is -2.48. The number of nitrogens with zero attached hydrogens (tertiary/aromatic N) is 2. The van der Waals surface area contributed by atoms with E-state index >= 15 is 0 Å². The second kappa shape index (κ2) is 5.72. The van der Waals surface area contributed by atoms with E-state index in [2.05, 4.69) is 73.2 Å². The van der Waals surface area contributed by atoms with Crippen molar-refractivity contribution < 1.29 is 0 Å². The summed E-state index contributed by atoms with van der Waals surface area (Å²) in [5.74, 6) is 0.760. The first-order valence-electron chi connectivity index (χ1n) is 7.52. The molecule has 0 radical (unpaired) electrons. The molecule has 1 aromatic heterocycles. The third-order valence-corrected chi connectivity index (χ3v) is 3.77. The molecule has 0 spiro atoms. The van der Waals surface area contributed by atoms with Gasteiger partial charge in [0.05, 0.1) is 0 Å². The van der Waals surface area contributed by atoms with E-state index in [1.807, 2.05) is 12.1 Å². The molecule has 0 unspecified atom stereocenters. The van der Waals surface area contributed by atoms with Gasteiger partial charge in [0.25, 0.3) is 0 Å². The summed E-state index contributed by atoms with van der Waals surface area (Å²) in [6, 6.07) is 19.0. The van der Waals surface area contributed by atoms with Gasteiger partial charge in [-0.25, -0.2) is 9.97 Å². The molecule has 3 rings (SSSR count). The summed E-state index contributed by atoms with van der Waals surface area (Å²) in [6.45, 7) is 6.69. The SMILES string of the molecule is CC(C)(C)c1ccc(-c2cccc(-c3ncccn3)c2)cc1. The fourth-order valence-electron chi connectivity index (χ4n) is 2.45. The van der Waals surface area contributed by atoms with Crippen molar-refractivity contribution in [1.29, 1.82) is 0 Å². The standard InChI is InChI=1S/C20H20N2/c1-20(2,3)18-10-8-15(9-11-18)16-6-4-7-17(14-16)19-21-12-5-13-22-19/h4-14H,1-3H3. The van der Waals surface area contributed by atoms with Gasteiger partial charge in [-0.2, -0.15) is 0 Å². The van der Waals surface area contributed by atoms with Gasteiger partial charge >= 0.3 is 0 Å². The summed E-state index contributed by atoms with van der Waals surface area (Å²) in [4.78, 5) is 8.64. The van der Waals surface area contributed by atoms with E-state index in [0.29, 0.717) is 0 Å². The van der Waals surface area contributed by atoms with Crippen molar-refractivity contribution in [2.75, 3.05) is 0 Å². The number of hydrogen-bond acceptors (Lipinski definition) is 2. The summed E-state index contributed by atoms with van der Waals surface area (Å²) in [5, 5.41) is 0. The second-order valence-electron chi connectivity index (χ2n) is 6.48. The molecule has 0 saturated heterocycles. The molecular weight excluding hydrogens is 268 g/mol. The maximum Gasteiger partial charge on any atom is 0.159 e. The average molecular weight is 288 g/mol. The number of rotatable bonds is 2. The molecule has 0 aliphatic carbocycles. The highest BCUT2D eigenvalue weighted by Crippen LogP contribution is 2.28. The predicted octanol–water partition coefficient (Wildman–Crippen LogP) is 5.11. The van der Waals surface area contributed by atoms with Gasteiger partial charge in [0.2, 0.25) is 0 Å². The quantitative estimate of drug-likeness (QED) is 0.655. The molecule has 0 amide bonds. The van der Waals surface area contributed by atoms with Crippen LogP contribution in [0.25, 0.3) is 22.5 Å². The normalized spacial score (nSPS) is 11.4. The third kappa shape index (κ3) is 3.06. The monoisotopic (exact) mass is 288 g/mol. The van der Waals surface area contributed by atoms with Crippen LogP contribution >= 0.6 is 0 Å². The lowest BCUT2D eigenvalue weighted by atomic mass is 9.86. The summed E-state index contributed by atoms with van der Waals surface area (Å²) < 4.78 is 0. The van der Waals surface area contributed by atoms with Gasteiger partial charge < -0.3 is 0 Å². The highest BCUT2D eigenvalue weighted by Gasteiger charge is 2.13. The van der Waals surface area contributed by atoms with Crippen molar-refractivity contribution in [3.63, 3.8) is 0 Å². The van der Waals surface area contributed by atoms with Crippen LogP contribution in [0.2, 0.25) is 0 Å². The highest BCUT2D eigenvalue weighted by atomic mass is 14.8. The van der Waals surface area contributed by atoms with Gasteiger partial charge in [0.15, 0.2) is 5.82 Å². The Morgan fingerprint density at radius 1 is 0.682 bits per heavy atom. The van der Waals surface area contributed by atoms with Crippen molar-refractivity contribution in [2.24, 2.45) is 0 Å². The molecule has 110 valence electrons. The zero-order valence-electron chi connectivity index (χ0n) is 13.2. The van der Waals surface area contributed by atoms with E-state index in [4.69, 9.17) is 0 Å². The van der Waals surface area contributed by atoms with Crippen molar-refractivity contribution in [3.05, 3.63) is 72.6 Å². The van der Waals surface area contributed by atoms with Crippen LogP contribution in [0.3, 0.4) is 0 Å². The van der Waals surface area contributed by atoms with E-state index in [0.717, 1.165) is 11.4 Å². The van der Waals surface area contributed by atoms with Gasteiger partial charge in [-0.05, 0) is 34.2 Å². The molecule has 0 aliphatic rings. The Bertz CT molecular complexity index is 754. The molecule has 2 aromatic carbocycles. The zero-order valence-corrected chi connectivity index (χ0v) is 13.2. The van der Waals surface area contributed by atoms with Crippen LogP contribution < -0.4 is 0 Å². The van der Waals surface area contributed by atoms with Gasteiger partial charge in [0, 0.05) is 18.0 Å². The summed E-state index contributed by atoms with van der Waals surface area (Å²) >= 11 is 0. The molecule has 0 atom stereocenters. The maximum absolute atomic E-state index is 4.32. The third-order valence-electron chi connectivity index (χ3n) is 3.77. The van der Waals surface area contributed by atoms with Gasteiger partial charge in [0.1, 0.15) is 0 Å². The van der Waals surface area contributed by atoms with Crippen LogP contribution in [0, 0.1) is 0 Å². The average Bonchev–Trinajstić information content (AvgIpc) is 2.55. The Morgan fingerprint density at radius 2 is 1.32 bits per heavy atom. The molecule has 1 heterocycles. The lowest BCUT2D eigenvalue weighted by molar-refractivity contribution is 0.590. The largest absolute Gasteiger partial charge is 0.237 e. The van der Waals surface area contributed by atoms with Crippen LogP contribution in [0.1, 0.15) is 26.3 Å². The fraction of sp³-hybridized carbons (Fsp3) is 0.200. The number of aromatic nitrogens is 2. The minimum Gasteiger partial charge on any atom is -0.237 e. The summed E-state index contributed by atoms with van der Waals surface area (Å²) in [7, 11) is 0. The Kier molecular flexibility index (Phi) is 3.76. The fourth-order valence-corrected chi connectivity index (χ4v) is 2.45. The zero-order chi connectivity index (χ0) is 15.6. The van der Waals surface area contributed by atoms with E-state index in [1.165, 1.54) is 16.7 Å². The van der Waals surface area contributed by atoms with Gasteiger partial charge in [-0.1, -0.05) is 63.2 Å². The summed E-state index contributed by atoms with van der Waals surface area (Å²) in [6.07, 6.45) is 3.54. The molecule has 22 heavy (non-hydrogen) atoms. The molecule has 3 aromatic rings. The maximum atomic E-state index is 4.32. The Morgan fingerprint density at radius 3 is 1.95 bits per heavy atom. The van der Waals surface area contributed by atoms with E-state index in [9.17, 15) is 0 Å². The number of benzene rings is 2. The molecule has 0 fully saturated rings. The first-order valence-corrected chi connectivity index (χ1v) is 7.52. The second-order valence-corrected chi connectivity index (χ2v) is 6.48. The minimum absolute atomic E-state index is 0.179. The molecule has 0 bridgehead atoms. The minimum atomic E-state index is 0.179. The van der Waals surface area contributed by atoms with Crippen molar-refractivity contribution in [1.82, 2.24) is 9.97 Å². The van der Waals surface area contributed by atoms with Crippen LogP contribution in [0.5, 0.6) is 0 Å². The predicted molar refractivity (Wildman–Crippen MR) is 91.6 cm³/mol. The van der Waals surface area contributed by atoms with Gasteiger partial charge in [-0.3, -0.25) is 0 Å². The van der Waals surface area contributed by atoms with Crippen LogP contribution in [-0.4, -0.2) is 9.97 Å². The molecule has 0 aliphatic heterocycles. The highest BCUT2D eigenvalue weighted by molar-refractivity contribution is 5.70. The lowest BCUT2D eigenvalue weighted by Gasteiger charge is -2.19. The van der Waals surface area contributed by atoms with E-state index in [1.54, 1.807) is 12.4 Å². The van der Waals surface area contributed by atoms with Crippen LogP contribution in [0.4, 0.5) is 0 Å². The Balaban J connectivity index is 1.96. The topological polar surface area (TPSA) is 25.8 Å². The lowest BCUT2D eigenvalue weighted by Crippen LogP contribution is -2.10. The molecule has 2 heteroatoms.